The minimum Gasteiger partial charge on any atom is -0.398 e. The minimum absolute atomic E-state index is 0.0614. The van der Waals surface area contributed by atoms with Crippen molar-refractivity contribution >= 4 is 11.6 Å². The number of hydrogen-bond donors (Lipinski definition) is 2. The highest BCUT2D eigenvalue weighted by molar-refractivity contribution is 5.81. The van der Waals surface area contributed by atoms with Gasteiger partial charge in [0, 0.05) is 18.3 Å². The maximum Gasteiger partial charge on any atom is 0.237 e. The van der Waals surface area contributed by atoms with E-state index in [-0.39, 0.29) is 18.0 Å². The molecule has 0 aromatic heterocycles. The van der Waals surface area contributed by atoms with Crippen LogP contribution >= 0.6 is 0 Å². The van der Waals surface area contributed by atoms with E-state index >= 15 is 0 Å². The summed E-state index contributed by atoms with van der Waals surface area (Å²) in [5.41, 5.74) is 7.74. The second-order valence-electron chi connectivity index (χ2n) is 5.11. The lowest BCUT2D eigenvalue weighted by molar-refractivity contribution is -0.126. The Morgan fingerprint density at radius 2 is 2.00 bits per heavy atom. The van der Waals surface area contributed by atoms with Gasteiger partial charge in [0.1, 0.15) is 0 Å². The van der Waals surface area contributed by atoms with E-state index in [4.69, 9.17) is 5.73 Å². The lowest BCUT2D eigenvalue weighted by atomic mass is 10.1. The third-order valence-electron chi connectivity index (χ3n) is 3.52. The molecule has 3 N–H and O–H groups in total. The predicted molar refractivity (Wildman–Crippen MR) is 79.7 cm³/mol. The number of anilines is 1. The molecule has 4 nitrogen and oxygen atoms in total. The van der Waals surface area contributed by atoms with E-state index in [1.54, 1.807) is 0 Å². The molecule has 0 aliphatic carbocycles. The third kappa shape index (κ3) is 4.56. The molecule has 4 heteroatoms. The second-order valence-corrected chi connectivity index (χ2v) is 5.11. The van der Waals surface area contributed by atoms with E-state index in [1.165, 1.54) is 0 Å². The zero-order valence-electron chi connectivity index (χ0n) is 12.3. The second kappa shape index (κ2) is 7.14. The van der Waals surface area contributed by atoms with Crippen molar-refractivity contribution in [2.24, 2.45) is 0 Å². The maximum absolute atomic E-state index is 12.0. The lowest BCUT2D eigenvalue weighted by Crippen LogP contribution is -2.45. The molecule has 0 radical (unpaired) electrons. The Bertz CT molecular complexity index is 420. The smallest absolute Gasteiger partial charge is 0.237 e. The summed E-state index contributed by atoms with van der Waals surface area (Å²) in [4.78, 5) is 14.0. The number of hydrogen-bond acceptors (Lipinski definition) is 3. The average Bonchev–Trinajstić information content (AvgIpc) is 2.40. The Labute approximate surface area is 116 Å². The summed E-state index contributed by atoms with van der Waals surface area (Å²) in [5.74, 6) is 0.0614. The molecule has 19 heavy (non-hydrogen) atoms. The Morgan fingerprint density at radius 3 is 2.58 bits per heavy atom. The van der Waals surface area contributed by atoms with Crippen LogP contribution in [0.3, 0.4) is 0 Å². The first-order valence-electron chi connectivity index (χ1n) is 6.79. The third-order valence-corrected chi connectivity index (χ3v) is 3.52. The summed E-state index contributed by atoms with van der Waals surface area (Å²) in [5, 5.41) is 3.00. The van der Waals surface area contributed by atoms with Crippen LogP contribution < -0.4 is 11.1 Å². The number of carbonyl (C=O) groups is 1. The fourth-order valence-corrected chi connectivity index (χ4v) is 1.75. The summed E-state index contributed by atoms with van der Waals surface area (Å²) in [6.07, 6.45) is 0.938. The van der Waals surface area contributed by atoms with Crippen LogP contribution in [0.2, 0.25) is 0 Å². The van der Waals surface area contributed by atoms with Gasteiger partial charge >= 0.3 is 0 Å². The summed E-state index contributed by atoms with van der Waals surface area (Å²) in [7, 11) is 1.94. The number of nitrogen functional groups attached to an aromatic ring is 1. The van der Waals surface area contributed by atoms with E-state index in [1.807, 2.05) is 50.1 Å². The minimum atomic E-state index is -0.173. The first-order valence-corrected chi connectivity index (χ1v) is 6.79. The first kappa shape index (κ1) is 15.5. The van der Waals surface area contributed by atoms with Gasteiger partial charge in [0.2, 0.25) is 5.91 Å². The van der Waals surface area contributed by atoms with Crippen molar-refractivity contribution in [2.75, 3.05) is 12.8 Å². The summed E-state index contributed by atoms with van der Waals surface area (Å²) in [6, 6.07) is 7.79. The monoisotopic (exact) mass is 263 g/mol. The number of benzene rings is 1. The van der Waals surface area contributed by atoms with Crippen LogP contribution in [-0.4, -0.2) is 29.9 Å². The van der Waals surface area contributed by atoms with Crippen molar-refractivity contribution < 1.29 is 4.79 Å². The molecule has 1 aromatic rings. The van der Waals surface area contributed by atoms with Gasteiger partial charge in [0.05, 0.1) is 6.04 Å². The maximum atomic E-state index is 12.0. The van der Waals surface area contributed by atoms with Crippen molar-refractivity contribution in [1.82, 2.24) is 10.2 Å². The van der Waals surface area contributed by atoms with Crippen LogP contribution in [0.25, 0.3) is 0 Å². The highest BCUT2D eigenvalue weighted by Crippen LogP contribution is 2.14. The van der Waals surface area contributed by atoms with Gasteiger partial charge in [-0.2, -0.15) is 0 Å². The largest absolute Gasteiger partial charge is 0.398 e. The normalized spacial score (nSPS) is 14.2. The van der Waals surface area contributed by atoms with Crippen LogP contribution in [-0.2, 0) is 11.3 Å². The van der Waals surface area contributed by atoms with Crippen molar-refractivity contribution in [3.63, 3.8) is 0 Å². The molecule has 0 saturated carbocycles. The van der Waals surface area contributed by atoms with Gasteiger partial charge in [-0.25, -0.2) is 0 Å². The predicted octanol–water partition coefficient (Wildman–Crippen LogP) is 2.00. The quantitative estimate of drug-likeness (QED) is 0.772. The van der Waals surface area contributed by atoms with Crippen LogP contribution in [0.1, 0.15) is 32.8 Å². The van der Waals surface area contributed by atoms with Gasteiger partial charge in [-0.1, -0.05) is 25.1 Å². The van der Waals surface area contributed by atoms with Crippen molar-refractivity contribution in [2.45, 2.75) is 45.8 Å². The number of amides is 1. The molecule has 0 aliphatic rings. The molecule has 0 bridgehead atoms. The number of nitrogens with one attached hydrogen (secondary N) is 1. The lowest BCUT2D eigenvalue weighted by Gasteiger charge is -2.25. The zero-order valence-corrected chi connectivity index (χ0v) is 12.3. The van der Waals surface area contributed by atoms with Crippen LogP contribution in [0.5, 0.6) is 0 Å². The van der Waals surface area contributed by atoms with Crippen molar-refractivity contribution in [3.8, 4) is 0 Å². The number of carbonyl (C=O) groups excluding carboxylic acids is 1. The van der Waals surface area contributed by atoms with E-state index in [0.29, 0.717) is 6.54 Å². The summed E-state index contributed by atoms with van der Waals surface area (Å²) >= 11 is 0. The van der Waals surface area contributed by atoms with Crippen molar-refractivity contribution in [3.05, 3.63) is 29.8 Å². The van der Waals surface area contributed by atoms with Crippen LogP contribution in [0.4, 0.5) is 5.69 Å². The SMILES string of the molecule is CCC(C)NC(=O)C(C)N(C)Cc1ccccc1N. The average molecular weight is 263 g/mol. The standard InChI is InChI=1S/C15H25N3O/c1-5-11(2)17-15(19)12(3)18(4)10-13-8-6-7-9-14(13)16/h6-9,11-12H,5,10,16H2,1-4H3,(H,17,19). The topological polar surface area (TPSA) is 58.4 Å². The molecule has 1 amide bonds. The number of rotatable bonds is 6. The molecule has 2 atom stereocenters. The van der Waals surface area contributed by atoms with Gasteiger partial charge in [0.25, 0.3) is 0 Å². The van der Waals surface area contributed by atoms with Crippen molar-refractivity contribution in [1.29, 1.82) is 0 Å². The Kier molecular flexibility index (Phi) is 5.83. The van der Waals surface area contributed by atoms with Gasteiger partial charge in [-0.15, -0.1) is 0 Å². The fraction of sp³-hybridized carbons (Fsp3) is 0.533. The molecule has 2 unspecified atom stereocenters. The summed E-state index contributed by atoms with van der Waals surface area (Å²) < 4.78 is 0. The van der Waals surface area contributed by atoms with Gasteiger partial charge < -0.3 is 11.1 Å². The number of nitrogens with two attached hydrogens (primary N) is 1. The zero-order chi connectivity index (χ0) is 14.4. The van der Waals surface area contributed by atoms with E-state index in [2.05, 4.69) is 12.2 Å². The molecule has 106 valence electrons. The van der Waals surface area contributed by atoms with Gasteiger partial charge in [-0.05, 0) is 38.9 Å². The van der Waals surface area contributed by atoms with Crippen LogP contribution in [0, 0.1) is 0 Å². The van der Waals surface area contributed by atoms with E-state index in [0.717, 1.165) is 17.7 Å². The Hall–Kier alpha value is -1.55. The molecule has 0 spiro atoms. The molecule has 0 aliphatic heterocycles. The number of nitrogens with zero attached hydrogens (tertiary/aromatic N) is 1. The van der Waals surface area contributed by atoms with Gasteiger partial charge in [0.15, 0.2) is 0 Å². The highest BCUT2D eigenvalue weighted by atomic mass is 16.2. The Morgan fingerprint density at radius 1 is 1.37 bits per heavy atom. The van der Waals surface area contributed by atoms with Gasteiger partial charge in [-0.3, -0.25) is 9.69 Å². The molecule has 1 rings (SSSR count). The molecule has 0 heterocycles. The Balaban J connectivity index is 2.60. The number of likely N-dealkylation sites (N-methyl/N-ethyl adjacent to an activating group) is 1. The van der Waals surface area contributed by atoms with E-state index in [9.17, 15) is 4.79 Å². The fourth-order valence-electron chi connectivity index (χ4n) is 1.75. The van der Waals surface area contributed by atoms with Crippen LogP contribution in [0.15, 0.2) is 24.3 Å². The molecule has 0 fully saturated rings. The van der Waals surface area contributed by atoms with E-state index < -0.39 is 0 Å². The molecular formula is C15H25N3O. The molecular weight excluding hydrogens is 238 g/mol. The highest BCUT2D eigenvalue weighted by Gasteiger charge is 2.19. The molecule has 1 aromatic carbocycles. The first-order chi connectivity index (χ1) is 8.95. The number of para-hydroxylation sites is 1. The summed E-state index contributed by atoms with van der Waals surface area (Å²) in [6.45, 7) is 6.66. The molecule has 0 saturated heterocycles.